The van der Waals surface area contributed by atoms with Crippen molar-refractivity contribution in [2.75, 3.05) is 34.8 Å². The molecule has 4 heterocycles. The first-order valence-electron chi connectivity index (χ1n) is 11.7. The number of aliphatic hydroxyl groups is 1. The molecule has 2 N–H and O–H groups in total. The van der Waals surface area contributed by atoms with Crippen molar-refractivity contribution >= 4 is 29.0 Å². The minimum atomic E-state index is -2.64. The number of hydrogen-bond acceptors (Lipinski definition) is 6. The van der Waals surface area contributed by atoms with Crippen LogP contribution in [0.3, 0.4) is 0 Å². The van der Waals surface area contributed by atoms with Crippen molar-refractivity contribution in [3.8, 4) is 11.1 Å². The van der Waals surface area contributed by atoms with Gasteiger partial charge >= 0.3 is 0 Å². The van der Waals surface area contributed by atoms with Crippen molar-refractivity contribution in [1.29, 1.82) is 0 Å². The molecule has 1 aromatic carbocycles. The number of nitrogens with one attached hydrogen (secondary N) is 1. The molecule has 1 saturated heterocycles. The van der Waals surface area contributed by atoms with Gasteiger partial charge in [-0.25, -0.2) is 13.8 Å². The summed E-state index contributed by atoms with van der Waals surface area (Å²) in [4.78, 5) is 37.8. The zero-order valence-electron chi connectivity index (χ0n) is 20.1. The average Bonchev–Trinajstić information content (AvgIpc) is 2.92. The van der Waals surface area contributed by atoms with E-state index in [-0.39, 0.29) is 41.4 Å². The molecule has 37 heavy (non-hydrogen) atoms. The molecule has 2 aliphatic heterocycles. The van der Waals surface area contributed by atoms with E-state index in [1.807, 2.05) is 0 Å². The Morgan fingerprint density at radius 2 is 1.95 bits per heavy atom. The van der Waals surface area contributed by atoms with Crippen LogP contribution in [-0.4, -0.2) is 52.1 Å². The van der Waals surface area contributed by atoms with Gasteiger partial charge in [-0.05, 0) is 32.0 Å². The number of hydrogen-bond donors (Lipinski definition) is 2. The fourth-order valence-corrected chi connectivity index (χ4v) is 4.71. The summed E-state index contributed by atoms with van der Waals surface area (Å²) in [5.74, 6) is -2.45. The summed E-state index contributed by atoms with van der Waals surface area (Å²) in [5, 5.41) is 12.7. The molecule has 5 rings (SSSR count). The molecule has 192 valence electrons. The van der Waals surface area contributed by atoms with E-state index in [4.69, 9.17) is 0 Å². The largest absolute Gasteiger partial charge is 0.386 e. The number of amides is 2. The first-order valence-corrected chi connectivity index (χ1v) is 11.7. The molecule has 8 nitrogen and oxygen atoms in total. The maximum Gasteiger partial charge on any atom is 0.263 e. The number of alkyl halides is 2. The van der Waals surface area contributed by atoms with Gasteiger partial charge in [0.25, 0.3) is 6.43 Å². The summed E-state index contributed by atoms with van der Waals surface area (Å²) in [6.07, 6.45) is -1.13. The van der Waals surface area contributed by atoms with Gasteiger partial charge in [0.15, 0.2) is 0 Å². The van der Waals surface area contributed by atoms with Gasteiger partial charge in [0, 0.05) is 42.2 Å². The predicted octanol–water partition coefficient (Wildman–Crippen LogP) is 3.88. The van der Waals surface area contributed by atoms with E-state index in [9.17, 15) is 23.5 Å². The number of pyridine rings is 2. The topological polar surface area (TPSA) is 98.7 Å². The number of β-amino-alcohol motifs (C(OH)–C–C–N with tert-alkyl or cyclic N) is 1. The SMILES string of the molecule is C[C@@H]1C(=O)N(CC(=O)Nc2ccc(C(F)F)cc2)c2cc(N3CC(C)(O)C3)nc(F)c2-c2cccnc21. The van der Waals surface area contributed by atoms with Crippen molar-refractivity contribution < 1.29 is 27.9 Å². The Labute approximate surface area is 210 Å². The highest BCUT2D eigenvalue weighted by atomic mass is 19.3. The lowest BCUT2D eigenvalue weighted by Crippen LogP contribution is -2.60. The summed E-state index contributed by atoms with van der Waals surface area (Å²) < 4.78 is 41.3. The third-order valence-corrected chi connectivity index (χ3v) is 6.52. The molecule has 2 aromatic heterocycles. The van der Waals surface area contributed by atoms with Crippen LogP contribution >= 0.6 is 0 Å². The number of halogens is 3. The molecular weight excluding hydrogens is 487 g/mol. The van der Waals surface area contributed by atoms with E-state index < -0.39 is 42.3 Å². The Morgan fingerprint density at radius 3 is 2.59 bits per heavy atom. The number of anilines is 3. The van der Waals surface area contributed by atoms with Crippen molar-refractivity contribution in [3.63, 3.8) is 0 Å². The molecule has 2 aliphatic rings. The second kappa shape index (κ2) is 9.15. The van der Waals surface area contributed by atoms with E-state index in [2.05, 4.69) is 15.3 Å². The Bertz CT molecular complexity index is 1370. The van der Waals surface area contributed by atoms with Gasteiger partial charge in [0.2, 0.25) is 17.8 Å². The second-order valence-corrected chi connectivity index (χ2v) is 9.57. The Hall–Kier alpha value is -3.99. The number of benzene rings is 1. The zero-order chi connectivity index (χ0) is 26.5. The third kappa shape index (κ3) is 4.62. The number of nitrogens with zero attached hydrogens (tertiary/aromatic N) is 4. The fraction of sp³-hybridized carbons (Fsp3) is 0.308. The fourth-order valence-electron chi connectivity index (χ4n) is 4.71. The number of carbonyl (C=O) groups is 2. The summed E-state index contributed by atoms with van der Waals surface area (Å²) in [5.41, 5.74) is 0.112. The van der Waals surface area contributed by atoms with Gasteiger partial charge in [-0.1, -0.05) is 18.2 Å². The summed E-state index contributed by atoms with van der Waals surface area (Å²) in [6.45, 7) is 3.29. The van der Waals surface area contributed by atoms with E-state index in [0.717, 1.165) is 0 Å². The lowest BCUT2D eigenvalue weighted by atomic mass is 9.96. The monoisotopic (exact) mass is 511 g/mol. The number of fused-ring (bicyclic) bond motifs is 3. The van der Waals surface area contributed by atoms with Crippen LogP contribution in [0, 0.1) is 5.95 Å². The van der Waals surface area contributed by atoms with Crippen LogP contribution in [0.5, 0.6) is 0 Å². The lowest BCUT2D eigenvalue weighted by molar-refractivity contribution is -0.122. The first-order chi connectivity index (χ1) is 17.5. The van der Waals surface area contributed by atoms with Crippen LogP contribution in [0.25, 0.3) is 11.1 Å². The minimum absolute atomic E-state index is 0.0471. The van der Waals surface area contributed by atoms with Crippen molar-refractivity contribution in [3.05, 3.63) is 65.9 Å². The Kier molecular flexibility index (Phi) is 6.10. The second-order valence-electron chi connectivity index (χ2n) is 9.57. The molecule has 0 saturated carbocycles. The number of carbonyl (C=O) groups excluding carboxylic acids is 2. The molecular formula is C26H24F3N5O3. The maximum absolute atomic E-state index is 15.6. The van der Waals surface area contributed by atoms with Gasteiger partial charge in [0.1, 0.15) is 12.4 Å². The van der Waals surface area contributed by atoms with Gasteiger partial charge in [-0.15, -0.1) is 0 Å². The normalized spacial score (nSPS) is 18.1. The van der Waals surface area contributed by atoms with Crippen LogP contribution in [0.15, 0.2) is 48.7 Å². The smallest absolute Gasteiger partial charge is 0.263 e. The lowest BCUT2D eigenvalue weighted by Gasteiger charge is -2.45. The molecule has 2 amide bonds. The molecule has 1 atom stereocenters. The molecule has 0 radical (unpaired) electrons. The molecule has 0 spiro atoms. The first kappa shape index (κ1) is 24.7. The molecule has 0 aliphatic carbocycles. The summed E-state index contributed by atoms with van der Waals surface area (Å²) in [6, 6.07) is 9.90. The van der Waals surface area contributed by atoms with Gasteiger partial charge < -0.3 is 20.2 Å². The van der Waals surface area contributed by atoms with Gasteiger partial charge in [-0.2, -0.15) is 4.39 Å². The van der Waals surface area contributed by atoms with Gasteiger partial charge in [0.05, 0.1) is 28.5 Å². The third-order valence-electron chi connectivity index (χ3n) is 6.52. The highest BCUT2D eigenvalue weighted by Crippen LogP contribution is 2.43. The van der Waals surface area contributed by atoms with Gasteiger partial charge in [-0.3, -0.25) is 14.6 Å². The maximum atomic E-state index is 15.6. The minimum Gasteiger partial charge on any atom is -0.386 e. The highest BCUT2D eigenvalue weighted by molar-refractivity contribution is 6.09. The van der Waals surface area contributed by atoms with Crippen LogP contribution in [0.4, 0.5) is 30.4 Å². The zero-order valence-corrected chi connectivity index (χ0v) is 20.1. The Balaban J connectivity index is 1.52. The van der Waals surface area contributed by atoms with Crippen LogP contribution in [0.1, 0.15) is 37.4 Å². The summed E-state index contributed by atoms with van der Waals surface area (Å²) in [7, 11) is 0. The van der Waals surface area contributed by atoms with E-state index in [1.165, 1.54) is 41.4 Å². The average molecular weight is 512 g/mol. The van der Waals surface area contributed by atoms with E-state index in [0.29, 0.717) is 11.3 Å². The van der Waals surface area contributed by atoms with E-state index >= 15 is 4.39 Å². The number of aromatic nitrogens is 2. The highest BCUT2D eigenvalue weighted by Gasteiger charge is 2.40. The molecule has 11 heteroatoms. The van der Waals surface area contributed by atoms with Crippen molar-refractivity contribution in [1.82, 2.24) is 9.97 Å². The van der Waals surface area contributed by atoms with Crippen LogP contribution < -0.4 is 15.1 Å². The molecule has 0 unspecified atom stereocenters. The number of rotatable bonds is 5. The molecule has 1 fully saturated rings. The van der Waals surface area contributed by atoms with E-state index in [1.54, 1.807) is 30.9 Å². The predicted molar refractivity (Wildman–Crippen MR) is 131 cm³/mol. The quantitative estimate of drug-likeness (QED) is 0.505. The molecule has 0 bridgehead atoms. The van der Waals surface area contributed by atoms with Crippen molar-refractivity contribution in [2.45, 2.75) is 31.8 Å². The summed E-state index contributed by atoms with van der Waals surface area (Å²) >= 11 is 0. The van der Waals surface area contributed by atoms with Crippen LogP contribution in [0.2, 0.25) is 0 Å². The standard InChI is InChI=1S/C26H24F3N5O3/c1-14-22-17(4-3-9-30-22)21-18(10-19(32-24(21)29)33-12-26(2,37)13-33)34(25(14)36)11-20(35)31-16-7-5-15(6-8-16)23(27)28/h3-10,14,23,37H,11-13H2,1-2H3,(H,31,35)/t14-/m0/s1. The van der Waals surface area contributed by atoms with Crippen molar-refractivity contribution in [2.24, 2.45) is 0 Å². The van der Waals surface area contributed by atoms with Crippen LogP contribution in [-0.2, 0) is 9.59 Å². The Morgan fingerprint density at radius 1 is 1.24 bits per heavy atom. The molecule has 3 aromatic rings.